The normalized spacial score (nSPS) is 2.80. The van der Waals surface area contributed by atoms with Crippen LogP contribution in [-0.4, -0.2) is 12.5 Å². The van der Waals surface area contributed by atoms with Crippen molar-refractivity contribution in [1.82, 2.24) is 0 Å². The summed E-state index contributed by atoms with van der Waals surface area (Å²) in [7, 11) is 1.00. The largest absolute Gasteiger partial charge is 0.455 e. The maximum Gasteiger partial charge on any atom is 0.283 e. The van der Waals surface area contributed by atoms with Crippen molar-refractivity contribution in [2.24, 2.45) is 0 Å². The van der Waals surface area contributed by atoms with E-state index in [1.165, 1.54) is 0 Å². The second-order valence-corrected chi connectivity index (χ2v) is 0.258. The Morgan fingerprint density at radius 3 is 1.60 bits per heavy atom. The average Bonchev–Trinajstić information content (AvgIpc) is 0.918. The van der Waals surface area contributed by atoms with Crippen molar-refractivity contribution in [3.8, 4) is 0 Å². The molecule has 0 amide bonds. The first kappa shape index (κ1) is 17.4. The molecule has 0 atom stereocenters. The zero-order valence-electron chi connectivity index (χ0n) is 3.73. The van der Waals surface area contributed by atoms with Gasteiger partial charge in [-0.1, -0.05) is 6.82 Å². The molecule has 0 rings (SSSR count). The monoisotopic (exact) mass is 122 g/mol. The van der Waals surface area contributed by atoms with Crippen molar-refractivity contribution in [3.05, 3.63) is 7.43 Å². The van der Waals surface area contributed by atoms with Crippen LogP contribution in [0.25, 0.3) is 0 Å². The number of hydrogen-bond acceptors (Lipinski definition) is 1. The first-order valence-electron chi connectivity index (χ1n) is 0.836. The van der Waals surface area contributed by atoms with E-state index in [4.69, 9.17) is 5.02 Å². The topological polar surface area (TPSA) is 20.2 Å². The Morgan fingerprint density at radius 2 is 1.60 bits per heavy atom. The van der Waals surface area contributed by atoms with Crippen LogP contribution in [0, 0.1) is 7.43 Å². The van der Waals surface area contributed by atoms with E-state index in [1.807, 2.05) is 0 Å². The van der Waals surface area contributed by atoms with Gasteiger partial charge in [0.25, 0.3) is 7.48 Å². The Balaban J connectivity index is -0.0000000200. The summed E-state index contributed by atoms with van der Waals surface area (Å²) in [6.45, 7) is 1.56. The molecule has 0 aromatic carbocycles. The molecule has 5 heavy (non-hydrogen) atoms. The van der Waals surface area contributed by atoms with E-state index in [0.29, 0.717) is 0 Å². The van der Waals surface area contributed by atoms with Crippen LogP contribution in [0.4, 0.5) is 0 Å². The second-order valence-electron chi connectivity index (χ2n) is 0.258. The summed E-state index contributed by atoms with van der Waals surface area (Å²) in [6, 6.07) is 0. The van der Waals surface area contributed by atoms with Crippen molar-refractivity contribution in [2.45, 2.75) is 6.82 Å². The summed E-state index contributed by atoms with van der Waals surface area (Å²) >= 11 is 0. The van der Waals surface area contributed by atoms with Crippen LogP contribution in [0.3, 0.4) is 0 Å². The summed E-state index contributed by atoms with van der Waals surface area (Å²) in [4.78, 5) is 0. The van der Waals surface area contributed by atoms with Crippen molar-refractivity contribution in [1.29, 1.82) is 0 Å². The molecule has 1 nitrogen and oxygen atoms in total. The summed E-state index contributed by atoms with van der Waals surface area (Å²) in [5.74, 6) is 0. The smallest absolute Gasteiger partial charge is 0.283 e. The molecule has 0 heterocycles. The van der Waals surface area contributed by atoms with Gasteiger partial charge in [-0.3, -0.25) is 0 Å². The third-order valence-electron chi connectivity index (χ3n) is 0. The maximum atomic E-state index is 7.44. The van der Waals surface area contributed by atoms with Crippen LogP contribution in [0.1, 0.15) is 0 Å². The minimum Gasteiger partial charge on any atom is -0.455 e. The quantitative estimate of drug-likeness (QED) is 0.358. The Labute approximate surface area is 46.8 Å². The number of hydrogen-bond donors (Lipinski definition) is 1. The number of rotatable bonds is 0. The van der Waals surface area contributed by atoms with Gasteiger partial charge in [0.1, 0.15) is 0 Å². The van der Waals surface area contributed by atoms with Crippen LogP contribution in [-0.2, 0) is 19.5 Å². The molecule has 3 heteroatoms. The van der Waals surface area contributed by atoms with Gasteiger partial charge in [0.2, 0.25) is 0 Å². The molecule has 0 aliphatic heterocycles. The van der Waals surface area contributed by atoms with Gasteiger partial charge in [0.15, 0.2) is 0 Å². The Morgan fingerprint density at radius 1 is 1.60 bits per heavy atom. The minimum atomic E-state index is 0. The molecular formula is C2H7BOZn-. The molecule has 0 aliphatic carbocycles. The molecule has 0 spiro atoms. The third-order valence-corrected chi connectivity index (χ3v) is 0. The third kappa shape index (κ3) is 77.6. The van der Waals surface area contributed by atoms with Crippen LogP contribution in [0.2, 0.25) is 6.82 Å². The van der Waals surface area contributed by atoms with Gasteiger partial charge in [-0.2, -0.15) is 0 Å². The predicted molar refractivity (Wildman–Crippen MR) is 20.3 cm³/mol. The molecule has 1 radical (unpaired) electrons. The first-order valence-corrected chi connectivity index (χ1v) is 0.836. The van der Waals surface area contributed by atoms with Crippen LogP contribution < -0.4 is 0 Å². The fourth-order valence-electron chi connectivity index (χ4n) is 0. The molecule has 0 saturated carbocycles. The zero-order valence-corrected chi connectivity index (χ0v) is 6.70. The van der Waals surface area contributed by atoms with Crippen molar-refractivity contribution < 1.29 is 24.5 Å². The maximum absolute atomic E-state index is 7.44. The van der Waals surface area contributed by atoms with E-state index in [-0.39, 0.29) is 26.9 Å². The van der Waals surface area contributed by atoms with Gasteiger partial charge in [0.05, 0.1) is 0 Å². The summed E-state index contributed by atoms with van der Waals surface area (Å²) in [5.41, 5.74) is 0. The Kier molecular flexibility index (Phi) is 79.3. The van der Waals surface area contributed by atoms with Crippen molar-refractivity contribution in [2.75, 3.05) is 0 Å². The molecular weight excluding hydrogens is 116 g/mol. The minimum absolute atomic E-state index is 0. The Hall–Kier alpha value is 0.648. The van der Waals surface area contributed by atoms with Crippen LogP contribution in [0.15, 0.2) is 0 Å². The van der Waals surface area contributed by atoms with Gasteiger partial charge in [-0.25, -0.2) is 0 Å². The molecule has 0 fully saturated rings. The van der Waals surface area contributed by atoms with E-state index in [9.17, 15) is 0 Å². The molecule has 0 unspecified atom stereocenters. The molecule has 27 valence electrons. The fraction of sp³-hybridized carbons (Fsp3) is 0.500. The van der Waals surface area contributed by atoms with E-state index in [0.717, 1.165) is 7.48 Å². The molecule has 0 aromatic heterocycles. The van der Waals surface area contributed by atoms with Gasteiger partial charge in [0, 0.05) is 19.5 Å². The average molecular weight is 123 g/mol. The van der Waals surface area contributed by atoms with Gasteiger partial charge in [-0.15, -0.1) is 0 Å². The molecule has 0 bridgehead atoms. The first-order chi connectivity index (χ1) is 1.41. The Bertz CT molecular complexity index is 9.61. The molecule has 0 saturated heterocycles. The van der Waals surface area contributed by atoms with Gasteiger partial charge < -0.3 is 12.5 Å². The van der Waals surface area contributed by atoms with E-state index >= 15 is 0 Å². The van der Waals surface area contributed by atoms with Gasteiger partial charge in [-0.05, 0) is 0 Å². The zero-order chi connectivity index (χ0) is 2.71. The van der Waals surface area contributed by atoms with E-state index in [2.05, 4.69) is 0 Å². The summed E-state index contributed by atoms with van der Waals surface area (Å²) in [5, 5.41) is 7.44. The second kappa shape index (κ2) is 22.8. The van der Waals surface area contributed by atoms with Crippen LogP contribution >= 0.6 is 0 Å². The van der Waals surface area contributed by atoms with Crippen molar-refractivity contribution in [3.63, 3.8) is 0 Å². The van der Waals surface area contributed by atoms with Crippen LogP contribution in [0.5, 0.6) is 0 Å². The summed E-state index contributed by atoms with van der Waals surface area (Å²) in [6.07, 6.45) is 0. The molecule has 1 N–H and O–H groups in total. The standard InChI is InChI=1S/CH4BO.CH3.Zn/c1-2-3;;/h3H,1H3;1H3;/q;-1;. The fourth-order valence-corrected chi connectivity index (χ4v) is 0. The predicted octanol–water partition coefficient (Wildman–Crippen LogP) is 0.0938. The van der Waals surface area contributed by atoms with E-state index in [1.54, 1.807) is 6.82 Å². The van der Waals surface area contributed by atoms with Crippen molar-refractivity contribution >= 4 is 7.48 Å². The summed E-state index contributed by atoms with van der Waals surface area (Å²) < 4.78 is 0. The SMILES string of the molecule is C[B]O.[CH3-].[Zn]. The van der Waals surface area contributed by atoms with E-state index < -0.39 is 0 Å². The van der Waals surface area contributed by atoms with Gasteiger partial charge >= 0.3 is 0 Å². The molecule has 0 aliphatic rings. The molecule has 0 aromatic rings.